The molecule has 1 aromatic carbocycles. The van der Waals surface area contributed by atoms with Gasteiger partial charge in [0.15, 0.2) is 5.82 Å². The van der Waals surface area contributed by atoms with Crippen LogP contribution in [0.25, 0.3) is 11.4 Å². The molecule has 0 atom stereocenters. The van der Waals surface area contributed by atoms with Gasteiger partial charge in [0.1, 0.15) is 5.69 Å². The molecule has 0 unspecified atom stereocenters. The second kappa shape index (κ2) is 4.61. The van der Waals surface area contributed by atoms with E-state index in [2.05, 4.69) is 9.97 Å². The van der Waals surface area contributed by atoms with Crippen LogP contribution in [0.4, 0.5) is 5.69 Å². The number of hydrogen-bond acceptors (Lipinski definition) is 5. The Kier molecular flexibility index (Phi) is 3.00. The van der Waals surface area contributed by atoms with Gasteiger partial charge in [0, 0.05) is 12.5 Å². The summed E-state index contributed by atoms with van der Waals surface area (Å²) >= 11 is 0. The van der Waals surface area contributed by atoms with Gasteiger partial charge in [-0.15, -0.1) is 0 Å². The molecule has 0 amide bonds. The molecule has 5 heteroatoms. The minimum atomic E-state index is -0.464. The summed E-state index contributed by atoms with van der Waals surface area (Å²) in [4.78, 5) is 19.1. The highest BCUT2D eigenvalue weighted by molar-refractivity contribution is 5.71. The van der Waals surface area contributed by atoms with Crippen LogP contribution in [0.5, 0.6) is 5.88 Å². The molecule has 2 aromatic rings. The molecule has 0 aliphatic carbocycles. The number of carbonyl (C=O) groups excluding carboxylic acids is 1. The third kappa shape index (κ3) is 2.57. The van der Waals surface area contributed by atoms with Crippen molar-refractivity contribution in [3.8, 4) is 17.3 Å². The molecule has 17 heavy (non-hydrogen) atoms. The smallest absolute Gasteiger partial charge is 0.309 e. The summed E-state index contributed by atoms with van der Waals surface area (Å²) in [6.45, 7) is 1.30. The largest absolute Gasteiger partial charge is 0.405 e. The maximum Gasteiger partial charge on any atom is 0.309 e. The predicted molar refractivity (Wildman–Crippen MR) is 63.2 cm³/mol. The Morgan fingerprint density at radius 2 is 2.00 bits per heavy atom. The normalized spacial score (nSPS) is 9.94. The lowest BCUT2D eigenvalue weighted by molar-refractivity contribution is -0.132. The molecule has 0 saturated heterocycles. The second-order valence-electron chi connectivity index (χ2n) is 3.41. The van der Waals surface area contributed by atoms with Gasteiger partial charge < -0.3 is 10.5 Å². The Labute approximate surface area is 98.3 Å². The summed E-state index contributed by atoms with van der Waals surface area (Å²) in [6.07, 6.45) is 1.42. The molecule has 86 valence electrons. The molecular weight excluding hydrogens is 218 g/mol. The lowest BCUT2D eigenvalue weighted by Crippen LogP contribution is -2.07. The van der Waals surface area contributed by atoms with Gasteiger partial charge in [0.25, 0.3) is 0 Å². The van der Waals surface area contributed by atoms with Gasteiger partial charge in [-0.3, -0.25) is 4.79 Å². The fourth-order valence-corrected chi connectivity index (χ4v) is 1.32. The van der Waals surface area contributed by atoms with Crippen LogP contribution in [-0.2, 0) is 4.79 Å². The van der Waals surface area contributed by atoms with Crippen molar-refractivity contribution in [2.24, 2.45) is 0 Å². The van der Waals surface area contributed by atoms with Crippen molar-refractivity contribution in [3.05, 3.63) is 36.5 Å². The minimum absolute atomic E-state index is 0.0892. The number of aromatic nitrogens is 2. The lowest BCUT2D eigenvalue weighted by atomic mass is 10.2. The third-order valence-electron chi connectivity index (χ3n) is 2.05. The SMILES string of the molecule is CC(=O)Oc1nc(-c2ccccc2)ncc1N. The van der Waals surface area contributed by atoms with Crippen molar-refractivity contribution in [2.75, 3.05) is 5.73 Å². The fraction of sp³-hybridized carbons (Fsp3) is 0.0833. The monoisotopic (exact) mass is 229 g/mol. The number of benzene rings is 1. The van der Waals surface area contributed by atoms with E-state index in [9.17, 15) is 4.79 Å². The molecule has 0 radical (unpaired) electrons. The summed E-state index contributed by atoms with van der Waals surface area (Å²) in [5.74, 6) is 0.0943. The highest BCUT2D eigenvalue weighted by atomic mass is 16.5. The number of nitrogens with zero attached hydrogens (tertiary/aromatic N) is 2. The van der Waals surface area contributed by atoms with E-state index in [0.717, 1.165) is 5.56 Å². The van der Waals surface area contributed by atoms with Crippen molar-refractivity contribution in [1.29, 1.82) is 0 Å². The molecule has 0 aliphatic rings. The quantitative estimate of drug-likeness (QED) is 0.792. The summed E-state index contributed by atoms with van der Waals surface area (Å²) < 4.78 is 4.89. The molecule has 2 rings (SSSR count). The van der Waals surface area contributed by atoms with Gasteiger partial charge >= 0.3 is 5.97 Å². The zero-order valence-corrected chi connectivity index (χ0v) is 9.25. The zero-order valence-electron chi connectivity index (χ0n) is 9.25. The van der Waals surface area contributed by atoms with Crippen molar-refractivity contribution < 1.29 is 9.53 Å². The van der Waals surface area contributed by atoms with E-state index in [1.807, 2.05) is 30.3 Å². The van der Waals surface area contributed by atoms with E-state index in [-0.39, 0.29) is 11.6 Å². The molecule has 0 aliphatic heterocycles. The Morgan fingerprint density at radius 3 is 2.65 bits per heavy atom. The minimum Gasteiger partial charge on any atom is -0.405 e. The standard InChI is InChI=1S/C12H11N3O2/c1-8(16)17-12-10(13)7-14-11(15-12)9-5-3-2-4-6-9/h2-7H,13H2,1H3. The molecule has 1 heterocycles. The van der Waals surface area contributed by atoms with E-state index in [4.69, 9.17) is 10.5 Å². The van der Waals surface area contributed by atoms with Crippen molar-refractivity contribution in [1.82, 2.24) is 9.97 Å². The average molecular weight is 229 g/mol. The number of carbonyl (C=O) groups is 1. The first-order valence-corrected chi connectivity index (χ1v) is 5.03. The number of hydrogen-bond donors (Lipinski definition) is 1. The molecule has 2 N–H and O–H groups in total. The van der Waals surface area contributed by atoms with Crippen molar-refractivity contribution >= 4 is 11.7 Å². The molecule has 0 fully saturated rings. The van der Waals surface area contributed by atoms with Crippen LogP contribution in [0.2, 0.25) is 0 Å². The van der Waals surface area contributed by atoms with Crippen LogP contribution in [0.3, 0.4) is 0 Å². The van der Waals surface area contributed by atoms with Gasteiger partial charge in [-0.05, 0) is 0 Å². The van der Waals surface area contributed by atoms with Crippen molar-refractivity contribution in [3.63, 3.8) is 0 Å². The van der Waals surface area contributed by atoms with Crippen LogP contribution in [0, 0.1) is 0 Å². The van der Waals surface area contributed by atoms with Crippen LogP contribution in [0.15, 0.2) is 36.5 Å². The number of ether oxygens (including phenoxy) is 1. The summed E-state index contributed by atoms with van der Waals surface area (Å²) in [5, 5.41) is 0. The summed E-state index contributed by atoms with van der Waals surface area (Å²) in [6, 6.07) is 9.38. The molecule has 1 aromatic heterocycles. The van der Waals surface area contributed by atoms with E-state index >= 15 is 0 Å². The summed E-state index contributed by atoms with van der Waals surface area (Å²) in [7, 11) is 0. The molecular formula is C12H11N3O2. The van der Waals surface area contributed by atoms with E-state index < -0.39 is 5.97 Å². The van der Waals surface area contributed by atoms with Crippen LogP contribution in [0.1, 0.15) is 6.92 Å². The Morgan fingerprint density at radius 1 is 1.29 bits per heavy atom. The third-order valence-corrected chi connectivity index (χ3v) is 2.05. The van der Waals surface area contributed by atoms with Gasteiger partial charge in [0.05, 0.1) is 6.20 Å². The van der Waals surface area contributed by atoms with E-state index in [1.54, 1.807) is 0 Å². The van der Waals surface area contributed by atoms with Crippen LogP contribution in [-0.4, -0.2) is 15.9 Å². The topological polar surface area (TPSA) is 78.1 Å². The molecule has 5 nitrogen and oxygen atoms in total. The number of esters is 1. The van der Waals surface area contributed by atoms with E-state index in [1.165, 1.54) is 13.1 Å². The van der Waals surface area contributed by atoms with Gasteiger partial charge in [0.2, 0.25) is 5.88 Å². The maximum atomic E-state index is 10.9. The first-order valence-electron chi connectivity index (χ1n) is 5.03. The zero-order chi connectivity index (χ0) is 12.3. The average Bonchev–Trinajstić information content (AvgIpc) is 2.32. The molecule has 0 saturated carbocycles. The predicted octanol–water partition coefficient (Wildman–Crippen LogP) is 1.65. The molecule has 0 spiro atoms. The first-order chi connectivity index (χ1) is 8.16. The first kappa shape index (κ1) is 11.1. The fourth-order valence-electron chi connectivity index (χ4n) is 1.32. The van der Waals surface area contributed by atoms with Gasteiger partial charge in [-0.25, -0.2) is 4.98 Å². The van der Waals surface area contributed by atoms with Crippen LogP contribution < -0.4 is 10.5 Å². The number of nitrogens with two attached hydrogens (primary N) is 1. The summed E-state index contributed by atoms with van der Waals surface area (Å²) in [5.41, 5.74) is 6.68. The highest BCUT2D eigenvalue weighted by Gasteiger charge is 2.09. The van der Waals surface area contributed by atoms with Gasteiger partial charge in [-0.1, -0.05) is 30.3 Å². The highest BCUT2D eigenvalue weighted by Crippen LogP contribution is 2.22. The van der Waals surface area contributed by atoms with Crippen LogP contribution >= 0.6 is 0 Å². The van der Waals surface area contributed by atoms with E-state index in [0.29, 0.717) is 5.82 Å². The Hall–Kier alpha value is -2.43. The number of nitrogen functional groups attached to an aromatic ring is 1. The Balaban J connectivity index is 2.41. The van der Waals surface area contributed by atoms with Crippen molar-refractivity contribution in [2.45, 2.75) is 6.92 Å². The second-order valence-corrected chi connectivity index (χ2v) is 3.41. The van der Waals surface area contributed by atoms with Gasteiger partial charge in [-0.2, -0.15) is 4.98 Å². The molecule has 0 bridgehead atoms. The number of rotatable bonds is 2. The lowest BCUT2D eigenvalue weighted by Gasteiger charge is -2.05. The Bertz CT molecular complexity index is 541. The number of anilines is 1. The maximum absolute atomic E-state index is 10.9.